The lowest BCUT2D eigenvalue weighted by Gasteiger charge is -2.30. The summed E-state index contributed by atoms with van der Waals surface area (Å²) < 4.78 is 67.7. The van der Waals surface area contributed by atoms with Crippen molar-refractivity contribution < 1.29 is 31.1 Å². The predicted molar refractivity (Wildman–Crippen MR) is 105 cm³/mol. The molecule has 162 valence electrons. The number of ether oxygens (including phenoxy) is 1. The highest BCUT2D eigenvalue weighted by Crippen LogP contribution is 2.29. The number of sulfonamides is 1. The standard InChI is InChI=1S/C19H18ClF3N2O4S/c20-14-4-6-15(7-5-14)24-18(26)13-8-10-25(11-9-13)30(27,28)17-3-1-2-16(12-17)29-19(21,22)23/h1-7,12-13H,8-11H2,(H,24,26). The molecule has 0 aliphatic carbocycles. The van der Waals surface area contributed by atoms with Crippen molar-refractivity contribution in [3.8, 4) is 5.75 Å². The first-order chi connectivity index (χ1) is 14.0. The molecule has 2 aromatic carbocycles. The third kappa shape index (κ3) is 5.65. The molecule has 3 rings (SSSR count). The van der Waals surface area contributed by atoms with Crippen molar-refractivity contribution in [3.05, 3.63) is 53.6 Å². The number of nitrogens with zero attached hydrogens (tertiary/aromatic N) is 1. The fraction of sp³-hybridized carbons (Fsp3) is 0.316. The van der Waals surface area contributed by atoms with E-state index in [1.54, 1.807) is 24.3 Å². The Morgan fingerprint density at radius 3 is 2.33 bits per heavy atom. The Balaban J connectivity index is 1.63. The molecule has 0 radical (unpaired) electrons. The van der Waals surface area contributed by atoms with Gasteiger partial charge in [0.1, 0.15) is 5.75 Å². The van der Waals surface area contributed by atoms with E-state index in [1.165, 1.54) is 12.1 Å². The fourth-order valence-electron chi connectivity index (χ4n) is 3.12. The van der Waals surface area contributed by atoms with Crippen molar-refractivity contribution in [1.29, 1.82) is 0 Å². The van der Waals surface area contributed by atoms with E-state index in [9.17, 15) is 26.4 Å². The van der Waals surface area contributed by atoms with Crippen LogP contribution in [0.25, 0.3) is 0 Å². The number of anilines is 1. The zero-order valence-electron chi connectivity index (χ0n) is 15.5. The molecule has 1 heterocycles. The van der Waals surface area contributed by atoms with Gasteiger partial charge in [0.25, 0.3) is 0 Å². The molecule has 1 N–H and O–H groups in total. The molecule has 0 bridgehead atoms. The lowest BCUT2D eigenvalue weighted by atomic mass is 9.97. The van der Waals surface area contributed by atoms with Crippen molar-refractivity contribution >= 4 is 33.2 Å². The van der Waals surface area contributed by atoms with Gasteiger partial charge in [-0.15, -0.1) is 13.2 Å². The van der Waals surface area contributed by atoms with Crippen molar-refractivity contribution in [1.82, 2.24) is 4.31 Å². The quantitative estimate of drug-likeness (QED) is 0.719. The number of piperidine rings is 1. The lowest BCUT2D eigenvalue weighted by Crippen LogP contribution is -2.41. The van der Waals surface area contributed by atoms with Gasteiger partial charge in [0.15, 0.2) is 0 Å². The van der Waals surface area contributed by atoms with Crippen molar-refractivity contribution in [2.45, 2.75) is 24.1 Å². The molecule has 1 aliphatic rings. The molecule has 2 aromatic rings. The normalized spacial score (nSPS) is 16.3. The zero-order chi connectivity index (χ0) is 21.9. The number of amides is 1. The molecule has 0 atom stereocenters. The van der Waals surface area contributed by atoms with Crippen LogP contribution in [0, 0.1) is 5.92 Å². The van der Waals surface area contributed by atoms with E-state index in [2.05, 4.69) is 10.1 Å². The van der Waals surface area contributed by atoms with Crippen LogP contribution in [0.5, 0.6) is 5.75 Å². The van der Waals surface area contributed by atoms with E-state index in [-0.39, 0.29) is 42.7 Å². The van der Waals surface area contributed by atoms with E-state index in [1.807, 2.05) is 0 Å². The molecular formula is C19H18ClF3N2O4S. The Hall–Kier alpha value is -2.30. The van der Waals surface area contributed by atoms with Gasteiger partial charge in [-0.3, -0.25) is 4.79 Å². The summed E-state index contributed by atoms with van der Waals surface area (Å²) in [4.78, 5) is 12.1. The topological polar surface area (TPSA) is 75.7 Å². The van der Waals surface area contributed by atoms with Crippen LogP contribution >= 0.6 is 11.6 Å². The van der Waals surface area contributed by atoms with Crippen LogP contribution in [-0.4, -0.2) is 38.1 Å². The zero-order valence-corrected chi connectivity index (χ0v) is 17.1. The highest BCUT2D eigenvalue weighted by atomic mass is 35.5. The second kappa shape index (κ2) is 8.83. The number of hydrogen-bond donors (Lipinski definition) is 1. The monoisotopic (exact) mass is 462 g/mol. The molecule has 6 nitrogen and oxygen atoms in total. The summed E-state index contributed by atoms with van der Waals surface area (Å²) in [5.41, 5.74) is 0.584. The van der Waals surface area contributed by atoms with Crippen molar-refractivity contribution in [2.75, 3.05) is 18.4 Å². The Morgan fingerprint density at radius 2 is 1.73 bits per heavy atom. The first-order valence-electron chi connectivity index (χ1n) is 8.97. The van der Waals surface area contributed by atoms with Gasteiger partial charge in [-0.1, -0.05) is 17.7 Å². The van der Waals surface area contributed by atoms with Crippen LogP contribution in [0.3, 0.4) is 0 Å². The summed E-state index contributed by atoms with van der Waals surface area (Å²) in [5, 5.41) is 3.30. The number of carbonyl (C=O) groups is 1. The van der Waals surface area contributed by atoms with E-state index in [0.29, 0.717) is 10.7 Å². The van der Waals surface area contributed by atoms with E-state index in [0.717, 1.165) is 16.4 Å². The molecule has 0 spiro atoms. The Labute approximate surface area is 176 Å². The summed E-state index contributed by atoms with van der Waals surface area (Å²) in [6, 6.07) is 10.9. The van der Waals surface area contributed by atoms with E-state index in [4.69, 9.17) is 11.6 Å². The minimum atomic E-state index is -4.92. The highest BCUT2D eigenvalue weighted by molar-refractivity contribution is 7.89. The van der Waals surface area contributed by atoms with Gasteiger partial charge in [-0.05, 0) is 49.2 Å². The van der Waals surface area contributed by atoms with Gasteiger partial charge in [0.2, 0.25) is 15.9 Å². The maximum absolute atomic E-state index is 12.8. The first kappa shape index (κ1) is 22.4. The number of halogens is 4. The molecule has 30 heavy (non-hydrogen) atoms. The van der Waals surface area contributed by atoms with Gasteiger partial charge >= 0.3 is 6.36 Å². The molecule has 1 amide bonds. The summed E-state index contributed by atoms with van der Waals surface area (Å²) in [5.74, 6) is -1.22. The number of benzene rings is 2. The Kier molecular flexibility index (Phi) is 6.59. The van der Waals surface area contributed by atoms with Crippen LogP contribution in [0.2, 0.25) is 5.02 Å². The largest absolute Gasteiger partial charge is 0.573 e. The summed E-state index contributed by atoms with van der Waals surface area (Å²) in [7, 11) is -4.01. The summed E-state index contributed by atoms with van der Waals surface area (Å²) in [6.07, 6.45) is -4.34. The van der Waals surface area contributed by atoms with Crippen LogP contribution in [-0.2, 0) is 14.8 Å². The molecule has 1 fully saturated rings. The smallest absolute Gasteiger partial charge is 0.406 e. The maximum Gasteiger partial charge on any atom is 0.573 e. The highest BCUT2D eigenvalue weighted by Gasteiger charge is 2.34. The molecule has 1 saturated heterocycles. The van der Waals surface area contributed by atoms with Gasteiger partial charge < -0.3 is 10.1 Å². The third-order valence-electron chi connectivity index (χ3n) is 4.61. The molecule has 1 aliphatic heterocycles. The average molecular weight is 463 g/mol. The average Bonchev–Trinajstić information content (AvgIpc) is 2.69. The molecule has 0 aromatic heterocycles. The van der Waals surface area contributed by atoms with E-state index >= 15 is 0 Å². The van der Waals surface area contributed by atoms with E-state index < -0.39 is 22.1 Å². The predicted octanol–water partition coefficient (Wildman–Crippen LogP) is 4.28. The lowest BCUT2D eigenvalue weighted by molar-refractivity contribution is -0.274. The van der Waals surface area contributed by atoms with Crippen LogP contribution in [0.4, 0.5) is 18.9 Å². The Morgan fingerprint density at radius 1 is 1.10 bits per heavy atom. The van der Waals surface area contributed by atoms with Crippen LogP contribution in [0.15, 0.2) is 53.4 Å². The van der Waals surface area contributed by atoms with Gasteiger partial charge in [0, 0.05) is 35.8 Å². The number of carbonyl (C=O) groups excluding carboxylic acids is 1. The summed E-state index contributed by atoms with van der Waals surface area (Å²) >= 11 is 5.81. The third-order valence-corrected chi connectivity index (χ3v) is 6.76. The molecular weight excluding hydrogens is 445 g/mol. The first-order valence-corrected chi connectivity index (χ1v) is 10.8. The minimum Gasteiger partial charge on any atom is -0.406 e. The number of alkyl halides is 3. The van der Waals surface area contributed by atoms with Crippen molar-refractivity contribution in [2.24, 2.45) is 5.92 Å². The second-order valence-electron chi connectivity index (χ2n) is 6.70. The van der Waals surface area contributed by atoms with Crippen LogP contribution < -0.4 is 10.1 Å². The molecule has 11 heteroatoms. The maximum atomic E-state index is 12.8. The number of rotatable bonds is 5. The second-order valence-corrected chi connectivity index (χ2v) is 9.07. The SMILES string of the molecule is O=C(Nc1ccc(Cl)cc1)C1CCN(S(=O)(=O)c2cccc(OC(F)(F)F)c2)CC1. The van der Waals surface area contributed by atoms with Gasteiger partial charge in [-0.25, -0.2) is 8.42 Å². The summed E-state index contributed by atoms with van der Waals surface area (Å²) in [6.45, 7) is 0.150. The molecule has 0 saturated carbocycles. The Bertz CT molecular complexity index is 1010. The minimum absolute atomic E-state index is 0.0748. The van der Waals surface area contributed by atoms with Crippen LogP contribution in [0.1, 0.15) is 12.8 Å². The van der Waals surface area contributed by atoms with Gasteiger partial charge in [-0.2, -0.15) is 4.31 Å². The van der Waals surface area contributed by atoms with Crippen molar-refractivity contribution in [3.63, 3.8) is 0 Å². The fourth-order valence-corrected chi connectivity index (χ4v) is 4.75. The molecule has 0 unspecified atom stereocenters. The number of nitrogens with one attached hydrogen (secondary N) is 1. The van der Waals surface area contributed by atoms with Gasteiger partial charge in [0.05, 0.1) is 4.90 Å². The number of hydrogen-bond acceptors (Lipinski definition) is 4.